The molecule has 0 aliphatic carbocycles. The number of furan rings is 1. The number of benzene rings is 5. The monoisotopic (exact) mass is 918 g/mol. The first-order chi connectivity index (χ1) is 27.8. The Hall–Kier alpha value is -4.93. The maximum atomic E-state index is 9.11. The van der Waals surface area contributed by atoms with Crippen LogP contribution in [-0.4, -0.2) is 18.0 Å². The van der Waals surface area contributed by atoms with E-state index in [0.29, 0.717) is 5.56 Å². The molecule has 0 aliphatic rings. The molecule has 3 aromatic heterocycles. The molecule has 3 heterocycles. The van der Waals surface area contributed by atoms with Crippen molar-refractivity contribution in [3.8, 4) is 44.8 Å². The summed E-state index contributed by atoms with van der Waals surface area (Å²) in [5.74, 6) is -1.79. The molecule has 0 saturated heterocycles. The Bertz CT molecular complexity index is 2660. The average molecular weight is 918 g/mol. The number of fused-ring (bicyclic) bond motifs is 3. The van der Waals surface area contributed by atoms with Crippen molar-refractivity contribution in [1.82, 2.24) is 9.97 Å². The van der Waals surface area contributed by atoms with Gasteiger partial charge in [0.05, 0.1) is 13.7 Å². The van der Waals surface area contributed by atoms with E-state index in [2.05, 4.69) is 73.2 Å². The van der Waals surface area contributed by atoms with Crippen LogP contribution < -0.4 is 5.19 Å². The molecule has 0 aliphatic heterocycles. The van der Waals surface area contributed by atoms with Gasteiger partial charge in [-0.05, 0) is 73.9 Å². The van der Waals surface area contributed by atoms with Crippen molar-refractivity contribution in [1.29, 1.82) is 0 Å². The minimum atomic E-state index is -2.08. The summed E-state index contributed by atoms with van der Waals surface area (Å²) in [6.07, 6.45) is 3.72. The van der Waals surface area contributed by atoms with Crippen LogP contribution in [0.25, 0.3) is 66.7 Å². The Morgan fingerprint density at radius 3 is 2.05 bits per heavy atom. The minimum absolute atomic E-state index is 0. The van der Waals surface area contributed by atoms with Crippen molar-refractivity contribution in [3.05, 3.63) is 163 Å². The molecule has 0 amide bonds. The van der Waals surface area contributed by atoms with E-state index in [9.17, 15) is 0 Å². The van der Waals surface area contributed by atoms with Crippen LogP contribution in [0.5, 0.6) is 0 Å². The van der Waals surface area contributed by atoms with Gasteiger partial charge in [-0.1, -0.05) is 144 Å². The van der Waals surface area contributed by atoms with Crippen molar-refractivity contribution in [3.63, 3.8) is 0 Å². The van der Waals surface area contributed by atoms with Crippen LogP contribution in [0.15, 0.2) is 138 Å². The summed E-state index contributed by atoms with van der Waals surface area (Å²) in [6, 6.07) is 45.8. The number of nitrogens with zero attached hydrogens (tertiary/aromatic N) is 2. The Morgan fingerprint density at radius 2 is 1.42 bits per heavy atom. The van der Waals surface area contributed by atoms with Gasteiger partial charge < -0.3 is 14.4 Å². The second-order valence-corrected chi connectivity index (χ2v) is 20.2. The van der Waals surface area contributed by atoms with Crippen LogP contribution in [-0.2, 0) is 20.1 Å². The Morgan fingerprint density at radius 1 is 0.691 bits per heavy atom. The molecule has 8 rings (SSSR count). The molecule has 5 aromatic carbocycles. The second kappa shape index (κ2) is 16.8. The average Bonchev–Trinajstić information content (AvgIpc) is 3.59. The molecular weight excluding hydrogens is 865 g/mol. The van der Waals surface area contributed by atoms with Gasteiger partial charge in [0.1, 0.15) is 5.58 Å². The van der Waals surface area contributed by atoms with Crippen LogP contribution in [0.4, 0.5) is 0 Å². The van der Waals surface area contributed by atoms with Crippen molar-refractivity contribution in [2.75, 3.05) is 0 Å². The Kier molecular flexibility index (Phi) is 10.2. The first-order valence-corrected chi connectivity index (χ1v) is 21.8. The van der Waals surface area contributed by atoms with E-state index in [-0.39, 0.29) is 20.1 Å². The van der Waals surface area contributed by atoms with E-state index >= 15 is 0 Å². The summed E-state index contributed by atoms with van der Waals surface area (Å²) >= 11 is 0. The van der Waals surface area contributed by atoms with Gasteiger partial charge in [0, 0.05) is 44.7 Å². The fraction of sp³-hybridized carbons (Fsp3) is 0.200. The third-order valence-corrected chi connectivity index (χ3v) is 11.7. The summed E-state index contributed by atoms with van der Waals surface area (Å²) in [5.41, 5.74) is 10.7. The van der Waals surface area contributed by atoms with E-state index in [1.54, 1.807) is 18.3 Å². The SMILES string of the molecule is [2H]C(C)(C)c1cc(-c2ccccc2)cc(C([2H])(C)C)c1-c1ccnc(-c2[c-]ccc3c2oc2ccccc23)c1.[2H]C([2H])([2H])c1c[c-]c(-c2ccc([Si](C)(C)C)cn2)cc1.[Ir]. The molecule has 55 heavy (non-hydrogen) atoms. The zero-order chi connectivity index (χ0) is 42.3. The van der Waals surface area contributed by atoms with Gasteiger partial charge in [0.25, 0.3) is 0 Å². The minimum Gasteiger partial charge on any atom is -0.501 e. The van der Waals surface area contributed by atoms with E-state index in [1.165, 1.54) is 11.3 Å². The first kappa shape index (κ1) is 33.4. The maximum absolute atomic E-state index is 9.11. The molecule has 279 valence electrons. The van der Waals surface area contributed by atoms with Crippen LogP contribution in [0.1, 0.15) is 63.0 Å². The third kappa shape index (κ3) is 8.65. The van der Waals surface area contributed by atoms with Gasteiger partial charge in [-0.15, -0.1) is 53.6 Å². The molecule has 3 nitrogen and oxygen atoms in total. The normalized spacial score (nSPS) is 13.4. The number of hydrogen-bond donors (Lipinski definition) is 0. The van der Waals surface area contributed by atoms with E-state index in [0.717, 1.165) is 77.8 Å². The molecular formula is C50H48IrN2OSi-2. The number of para-hydroxylation sites is 1. The van der Waals surface area contributed by atoms with Crippen LogP contribution in [0.2, 0.25) is 19.6 Å². The van der Waals surface area contributed by atoms with E-state index < -0.39 is 26.7 Å². The molecule has 1 radical (unpaired) electrons. The molecule has 0 bridgehead atoms. The zero-order valence-corrected chi connectivity index (χ0v) is 35.7. The van der Waals surface area contributed by atoms with E-state index in [4.69, 9.17) is 16.3 Å². The van der Waals surface area contributed by atoms with Gasteiger partial charge in [-0.25, -0.2) is 0 Å². The summed E-state index contributed by atoms with van der Waals surface area (Å²) in [6.45, 7) is 12.4. The van der Waals surface area contributed by atoms with Crippen LogP contribution >= 0.6 is 0 Å². The molecule has 5 heteroatoms. The largest absolute Gasteiger partial charge is 0.501 e. The van der Waals surface area contributed by atoms with Crippen molar-refractivity contribution < 1.29 is 31.4 Å². The van der Waals surface area contributed by atoms with Gasteiger partial charge >= 0.3 is 0 Å². The van der Waals surface area contributed by atoms with Gasteiger partial charge in [-0.2, -0.15) is 0 Å². The fourth-order valence-corrected chi connectivity index (χ4v) is 7.76. The summed E-state index contributed by atoms with van der Waals surface area (Å²) in [4.78, 5) is 9.19. The Labute approximate surface area is 348 Å². The number of aryl methyl sites for hydroxylation is 1. The second-order valence-electron chi connectivity index (χ2n) is 15.1. The zero-order valence-electron chi connectivity index (χ0n) is 37.3. The predicted molar refractivity (Wildman–Crippen MR) is 231 cm³/mol. The molecule has 0 fully saturated rings. The molecule has 0 spiro atoms. The van der Waals surface area contributed by atoms with Crippen LogP contribution in [0, 0.1) is 19.0 Å². The fourth-order valence-electron chi connectivity index (χ4n) is 6.72. The molecule has 0 N–H and O–H groups in total. The Balaban J connectivity index is 0.000000243. The summed E-state index contributed by atoms with van der Waals surface area (Å²) < 4.78 is 46.5. The van der Waals surface area contributed by atoms with Gasteiger partial charge in [-0.3, -0.25) is 0 Å². The van der Waals surface area contributed by atoms with Crippen molar-refractivity contribution in [2.45, 2.75) is 66.0 Å². The standard InChI is InChI=1S/C35H30NO.C15H18NSi.Ir/c1-22(2)30-19-26(24-11-6-5-7-12-24)20-31(23(3)4)34(30)25-17-18-36-32(21-25)29-15-10-14-28-27-13-8-9-16-33(27)37-35(28)29;1-12-5-7-13(8-6-12)15-10-9-14(11-16-15)17(2,3)4;/h5-14,16-23H,1-4H3;5-7,9-11H,1-4H3;/q2*-1;/i22D,23D;1D3;. The van der Waals surface area contributed by atoms with Crippen LogP contribution in [0.3, 0.4) is 0 Å². The van der Waals surface area contributed by atoms with Crippen molar-refractivity contribution >= 4 is 35.2 Å². The van der Waals surface area contributed by atoms with Crippen molar-refractivity contribution in [2.24, 2.45) is 0 Å². The predicted octanol–water partition coefficient (Wildman–Crippen LogP) is 13.4. The smallest absolute Gasteiger partial charge is 0.120 e. The quantitative estimate of drug-likeness (QED) is 0.118. The number of pyridine rings is 2. The van der Waals surface area contributed by atoms with E-state index in [1.807, 2.05) is 101 Å². The maximum Gasteiger partial charge on any atom is 0.120 e. The molecule has 0 saturated carbocycles. The molecule has 0 unspecified atom stereocenters. The number of rotatable bonds is 7. The summed E-state index contributed by atoms with van der Waals surface area (Å²) in [7, 11) is -1.34. The topological polar surface area (TPSA) is 38.9 Å². The number of aromatic nitrogens is 2. The molecule has 8 aromatic rings. The molecule has 0 atom stereocenters. The van der Waals surface area contributed by atoms with Gasteiger partial charge in [0.2, 0.25) is 0 Å². The summed E-state index contributed by atoms with van der Waals surface area (Å²) in [5, 5.41) is 3.40. The van der Waals surface area contributed by atoms with Gasteiger partial charge in [0.15, 0.2) is 0 Å². The third-order valence-electron chi connectivity index (χ3n) is 9.68. The number of hydrogen-bond acceptors (Lipinski definition) is 3. The first-order valence-electron chi connectivity index (χ1n) is 20.8.